The summed E-state index contributed by atoms with van der Waals surface area (Å²) < 4.78 is 37.4. The van der Waals surface area contributed by atoms with Crippen LogP contribution in [0.25, 0.3) is 0 Å². The summed E-state index contributed by atoms with van der Waals surface area (Å²) in [7, 11) is 0. The molecule has 1 fully saturated rings. The fourth-order valence-electron chi connectivity index (χ4n) is 2.29. The van der Waals surface area contributed by atoms with Gasteiger partial charge in [0.1, 0.15) is 0 Å². The fourth-order valence-corrected chi connectivity index (χ4v) is 2.29. The molecule has 1 aromatic heterocycles. The molecule has 1 aliphatic heterocycles. The average molecular weight is 297 g/mol. The van der Waals surface area contributed by atoms with Crippen LogP contribution in [0.5, 0.6) is 0 Å². The fraction of sp³-hybridized carbons (Fsp3) is 0.500. The minimum atomic E-state index is -4.48. The summed E-state index contributed by atoms with van der Waals surface area (Å²) in [5, 5.41) is 9.15. The van der Waals surface area contributed by atoms with Gasteiger partial charge in [-0.25, -0.2) is 0 Å². The van der Waals surface area contributed by atoms with Crippen LogP contribution in [0, 0.1) is 11.3 Å². The van der Waals surface area contributed by atoms with Gasteiger partial charge in [-0.2, -0.15) is 18.4 Å². The first kappa shape index (κ1) is 15.3. The van der Waals surface area contributed by atoms with Crippen LogP contribution in [-0.2, 0) is 11.0 Å². The third-order valence-electron chi connectivity index (χ3n) is 3.45. The Hall–Kier alpha value is -2.10. The van der Waals surface area contributed by atoms with Gasteiger partial charge in [-0.1, -0.05) is 0 Å². The molecular weight excluding hydrogens is 283 g/mol. The SMILES string of the molecule is N#C[C@@H](C(=O)N1CCCCC1)c1ccc(C(F)(F)F)cn1. The Balaban J connectivity index is 2.17. The molecule has 21 heavy (non-hydrogen) atoms. The van der Waals surface area contributed by atoms with E-state index in [0.29, 0.717) is 19.3 Å². The molecular formula is C14H14F3N3O. The van der Waals surface area contributed by atoms with Crippen LogP contribution in [0.4, 0.5) is 13.2 Å². The molecule has 0 saturated carbocycles. The smallest absolute Gasteiger partial charge is 0.341 e. The molecule has 1 amide bonds. The van der Waals surface area contributed by atoms with E-state index in [-0.39, 0.29) is 11.6 Å². The molecule has 112 valence electrons. The summed E-state index contributed by atoms with van der Waals surface area (Å²) in [6.07, 6.45) is -1.03. The standard InChI is InChI=1S/C14H14F3N3O/c15-14(16,17)10-4-5-12(19-9-10)11(8-18)13(21)20-6-2-1-3-7-20/h4-5,9,11H,1-3,6-7H2/t11-/m1/s1. The number of rotatable bonds is 2. The van der Waals surface area contributed by atoms with E-state index < -0.39 is 17.7 Å². The third kappa shape index (κ3) is 3.51. The van der Waals surface area contributed by atoms with Crippen LogP contribution in [-0.4, -0.2) is 28.9 Å². The molecule has 7 heteroatoms. The Bertz CT molecular complexity index is 542. The minimum Gasteiger partial charge on any atom is -0.341 e. The first-order chi connectivity index (χ1) is 9.93. The number of likely N-dealkylation sites (tertiary alicyclic amines) is 1. The van der Waals surface area contributed by atoms with Crippen molar-refractivity contribution in [1.82, 2.24) is 9.88 Å². The van der Waals surface area contributed by atoms with Crippen molar-refractivity contribution >= 4 is 5.91 Å². The van der Waals surface area contributed by atoms with E-state index in [1.807, 2.05) is 6.07 Å². The van der Waals surface area contributed by atoms with Gasteiger partial charge in [0.15, 0.2) is 5.92 Å². The molecule has 1 aliphatic rings. The quantitative estimate of drug-likeness (QED) is 0.843. The highest BCUT2D eigenvalue weighted by Gasteiger charge is 2.32. The molecule has 1 aromatic rings. The highest BCUT2D eigenvalue weighted by atomic mass is 19.4. The second-order valence-electron chi connectivity index (χ2n) is 4.92. The topological polar surface area (TPSA) is 57.0 Å². The van der Waals surface area contributed by atoms with Gasteiger partial charge in [-0.15, -0.1) is 0 Å². The molecule has 2 heterocycles. The van der Waals surface area contributed by atoms with Crippen molar-refractivity contribution in [2.75, 3.05) is 13.1 Å². The van der Waals surface area contributed by atoms with E-state index >= 15 is 0 Å². The summed E-state index contributed by atoms with van der Waals surface area (Å²) >= 11 is 0. The second kappa shape index (κ2) is 6.12. The predicted molar refractivity (Wildman–Crippen MR) is 68.0 cm³/mol. The van der Waals surface area contributed by atoms with E-state index in [4.69, 9.17) is 5.26 Å². The third-order valence-corrected chi connectivity index (χ3v) is 3.45. The molecule has 0 radical (unpaired) electrons. The summed E-state index contributed by atoms with van der Waals surface area (Å²) in [4.78, 5) is 17.5. The van der Waals surface area contributed by atoms with Crippen LogP contribution in [0.3, 0.4) is 0 Å². The number of nitrogens with zero attached hydrogens (tertiary/aromatic N) is 3. The van der Waals surface area contributed by atoms with E-state index in [0.717, 1.165) is 31.4 Å². The lowest BCUT2D eigenvalue weighted by molar-refractivity contribution is -0.137. The minimum absolute atomic E-state index is 0.0565. The number of hydrogen-bond donors (Lipinski definition) is 0. The van der Waals surface area contributed by atoms with Crippen molar-refractivity contribution in [3.63, 3.8) is 0 Å². The lowest BCUT2D eigenvalue weighted by atomic mass is 10.0. The molecule has 1 saturated heterocycles. The van der Waals surface area contributed by atoms with Gasteiger partial charge in [-0.05, 0) is 31.4 Å². The first-order valence-electron chi connectivity index (χ1n) is 6.65. The number of piperidine rings is 1. The van der Waals surface area contributed by atoms with Gasteiger partial charge in [0, 0.05) is 19.3 Å². The molecule has 0 aromatic carbocycles. The Kier molecular flexibility index (Phi) is 4.46. The maximum atomic E-state index is 12.5. The van der Waals surface area contributed by atoms with Crippen LogP contribution in [0.2, 0.25) is 0 Å². The number of alkyl halides is 3. The van der Waals surface area contributed by atoms with E-state index in [2.05, 4.69) is 4.98 Å². The Morgan fingerprint density at radius 3 is 2.43 bits per heavy atom. The highest BCUT2D eigenvalue weighted by molar-refractivity contribution is 5.86. The normalized spacial score (nSPS) is 17.1. The molecule has 0 unspecified atom stereocenters. The lowest BCUT2D eigenvalue weighted by Crippen LogP contribution is -2.38. The number of halogens is 3. The average Bonchev–Trinajstić information content (AvgIpc) is 2.48. The number of pyridine rings is 1. The number of carbonyl (C=O) groups excluding carboxylic acids is 1. The predicted octanol–water partition coefficient (Wildman–Crippen LogP) is 2.72. The maximum Gasteiger partial charge on any atom is 0.417 e. The lowest BCUT2D eigenvalue weighted by Gasteiger charge is -2.28. The van der Waals surface area contributed by atoms with E-state index in [1.54, 1.807) is 4.90 Å². The van der Waals surface area contributed by atoms with E-state index in [1.165, 1.54) is 0 Å². The first-order valence-corrected chi connectivity index (χ1v) is 6.65. The van der Waals surface area contributed by atoms with Gasteiger partial charge in [-0.3, -0.25) is 9.78 Å². The van der Waals surface area contributed by atoms with Gasteiger partial charge in [0.05, 0.1) is 17.3 Å². The molecule has 2 rings (SSSR count). The van der Waals surface area contributed by atoms with Crippen molar-refractivity contribution in [2.45, 2.75) is 31.4 Å². The Labute approximate surface area is 120 Å². The highest BCUT2D eigenvalue weighted by Crippen LogP contribution is 2.29. The summed E-state index contributed by atoms with van der Waals surface area (Å²) in [6.45, 7) is 1.16. The van der Waals surface area contributed by atoms with Crippen molar-refractivity contribution in [3.8, 4) is 6.07 Å². The molecule has 0 N–H and O–H groups in total. The summed E-state index contributed by atoms with van der Waals surface area (Å²) in [5.41, 5.74) is -0.838. The van der Waals surface area contributed by atoms with Gasteiger partial charge < -0.3 is 4.90 Å². The van der Waals surface area contributed by atoms with Crippen LogP contribution >= 0.6 is 0 Å². The Morgan fingerprint density at radius 1 is 1.29 bits per heavy atom. The van der Waals surface area contributed by atoms with Gasteiger partial charge >= 0.3 is 6.18 Å². The molecule has 0 aliphatic carbocycles. The molecule has 1 atom stereocenters. The zero-order valence-corrected chi connectivity index (χ0v) is 11.2. The van der Waals surface area contributed by atoms with Gasteiger partial charge in [0.25, 0.3) is 0 Å². The zero-order chi connectivity index (χ0) is 15.5. The number of carbonyl (C=O) groups is 1. The zero-order valence-electron chi connectivity index (χ0n) is 11.2. The van der Waals surface area contributed by atoms with Gasteiger partial charge in [0.2, 0.25) is 5.91 Å². The van der Waals surface area contributed by atoms with Crippen LogP contribution in [0.15, 0.2) is 18.3 Å². The second-order valence-corrected chi connectivity index (χ2v) is 4.92. The molecule has 0 bridgehead atoms. The Morgan fingerprint density at radius 2 is 1.95 bits per heavy atom. The summed E-state index contributed by atoms with van der Waals surface area (Å²) in [5.74, 6) is -1.53. The largest absolute Gasteiger partial charge is 0.417 e. The molecule has 0 spiro atoms. The number of hydrogen-bond acceptors (Lipinski definition) is 3. The van der Waals surface area contributed by atoms with E-state index in [9.17, 15) is 18.0 Å². The van der Waals surface area contributed by atoms with Crippen molar-refractivity contribution in [1.29, 1.82) is 5.26 Å². The molecule has 4 nitrogen and oxygen atoms in total. The van der Waals surface area contributed by atoms with Crippen molar-refractivity contribution < 1.29 is 18.0 Å². The van der Waals surface area contributed by atoms with Crippen LogP contribution < -0.4 is 0 Å². The number of aromatic nitrogens is 1. The number of nitriles is 1. The number of amides is 1. The summed E-state index contributed by atoms with van der Waals surface area (Å²) in [6, 6.07) is 3.78. The van der Waals surface area contributed by atoms with Crippen molar-refractivity contribution in [2.24, 2.45) is 0 Å². The monoisotopic (exact) mass is 297 g/mol. The van der Waals surface area contributed by atoms with Crippen molar-refractivity contribution in [3.05, 3.63) is 29.6 Å². The van der Waals surface area contributed by atoms with Crippen LogP contribution in [0.1, 0.15) is 36.4 Å². The maximum absolute atomic E-state index is 12.5.